The number of nitrogens with one attached hydrogen (secondary N) is 1. The number of hydrogen-bond acceptors (Lipinski definition) is 3. The maximum absolute atomic E-state index is 12.0. The second-order valence-electron chi connectivity index (χ2n) is 3.54. The quantitative estimate of drug-likeness (QED) is 0.799. The maximum atomic E-state index is 12.0. The highest BCUT2D eigenvalue weighted by atomic mass is 32.1. The van der Waals surface area contributed by atoms with Gasteiger partial charge in [0.15, 0.2) is 0 Å². The third-order valence-corrected chi connectivity index (χ3v) is 2.35. The van der Waals surface area contributed by atoms with E-state index in [0.29, 0.717) is 0 Å². The molecule has 0 aliphatic rings. The van der Waals surface area contributed by atoms with Crippen LogP contribution in [0.15, 0.2) is 29.7 Å². The third kappa shape index (κ3) is 4.91. The lowest BCUT2D eigenvalue weighted by molar-refractivity contribution is -0.274. The molecule has 6 heteroatoms. The van der Waals surface area contributed by atoms with Gasteiger partial charge in [0, 0.05) is 12.2 Å². The van der Waals surface area contributed by atoms with E-state index in [1.54, 1.807) is 17.5 Å². The molecule has 0 radical (unpaired) electrons. The summed E-state index contributed by atoms with van der Waals surface area (Å²) in [6, 6.07) is 5.64. The van der Waals surface area contributed by atoms with Crippen molar-refractivity contribution in [1.29, 1.82) is 0 Å². The molecule has 0 atom stereocenters. The minimum absolute atomic E-state index is 0.236. The fraction of sp³-hybridized carbons (Fsp3) is 0.333. The van der Waals surface area contributed by atoms with Crippen LogP contribution in [0, 0.1) is 0 Å². The Balaban J connectivity index is 2.75. The number of hydrogen-bond donors (Lipinski definition) is 2. The Labute approximate surface area is 109 Å². The van der Waals surface area contributed by atoms with Crippen molar-refractivity contribution in [2.24, 2.45) is 0 Å². The highest BCUT2D eigenvalue weighted by Crippen LogP contribution is 2.24. The number of benzene rings is 1. The van der Waals surface area contributed by atoms with Gasteiger partial charge >= 0.3 is 6.36 Å². The molecule has 100 valence electrons. The van der Waals surface area contributed by atoms with E-state index >= 15 is 0 Å². The fourth-order valence-corrected chi connectivity index (χ4v) is 1.56. The fourth-order valence-electron chi connectivity index (χ4n) is 1.32. The third-order valence-electron chi connectivity index (χ3n) is 2.09. The molecule has 0 spiro atoms. The zero-order chi connectivity index (χ0) is 13.6. The topological polar surface area (TPSA) is 21.3 Å². The first-order chi connectivity index (χ1) is 8.46. The first kappa shape index (κ1) is 14.8. The van der Waals surface area contributed by atoms with E-state index in [1.165, 1.54) is 12.1 Å². The van der Waals surface area contributed by atoms with Gasteiger partial charge in [0.05, 0.1) is 0 Å². The minimum atomic E-state index is -4.66. The van der Waals surface area contributed by atoms with E-state index in [0.717, 1.165) is 24.2 Å². The van der Waals surface area contributed by atoms with Gasteiger partial charge in [-0.05, 0) is 41.7 Å². The van der Waals surface area contributed by atoms with Gasteiger partial charge in [-0.2, -0.15) is 0 Å². The lowest BCUT2D eigenvalue weighted by atomic mass is 10.1. The molecule has 0 aliphatic heterocycles. The molecule has 2 nitrogen and oxygen atoms in total. The van der Waals surface area contributed by atoms with Crippen molar-refractivity contribution < 1.29 is 17.9 Å². The molecule has 1 aromatic carbocycles. The summed E-state index contributed by atoms with van der Waals surface area (Å²) in [4.78, 5) is 0. The van der Waals surface area contributed by atoms with Crippen LogP contribution in [0.5, 0.6) is 5.75 Å². The van der Waals surface area contributed by atoms with Crippen LogP contribution in [-0.2, 0) is 0 Å². The van der Waals surface area contributed by atoms with Crippen molar-refractivity contribution in [2.75, 3.05) is 6.54 Å². The number of rotatable bonds is 5. The first-order valence-electron chi connectivity index (χ1n) is 5.40. The summed E-state index contributed by atoms with van der Waals surface area (Å²) < 4.78 is 39.7. The van der Waals surface area contributed by atoms with Gasteiger partial charge in [0.2, 0.25) is 0 Å². The van der Waals surface area contributed by atoms with Crippen LogP contribution in [0.2, 0.25) is 0 Å². The van der Waals surface area contributed by atoms with Crippen LogP contribution in [0.1, 0.15) is 18.9 Å². The predicted octanol–water partition coefficient (Wildman–Crippen LogP) is 3.81. The first-order valence-corrected chi connectivity index (χ1v) is 5.92. The maximum Gasteiger partial charge on any atom is 0.573 e. The predicted molar refractivity (Wildman–Crippen MR) is 68.4 cm³/mol. The van der Waals surface area contributed by atoms with Crippen molar-refractivity contribution in [2.45, 2.75) is 19.7 Å². The molecular weight excluding hydrogens is 263 g/mol. The van der Waals surface area contributed by atoms with Gasteiger partial charge in [0.25, 0.3) is 0 Å². The summed E-state index contributed by atoms with van der Waals surface area (Å²) in [6.07, 6.45) is -3.72. The highest BCUT2D eigenvalue weighted by molar-refractivity contribution is 7.83. The molecule has 1 rings (SSSR count). The average Bonchev–Trinajstić information content (AvgIpc) is 2.30. The van der Waals surface area contributed by atoms with Gasteiger partial charge in [-0.1, -0.05) is 6.92 Å². The van der Waals surface area contributed by atoms with Crippen LogP contribution >= 0.6 is 12.6 Å². The van der Waals surface area contributed by atoms with E-state index in [9.17, 15) is 13.2 Å². The smallest absolute Gasteiger partial charge is 0.406 e. The molecule has 0 aromatic heterocycles. The SMILES string of the molecule is CCCN/C(=C\S)c1ccc(OC(F)(F)F)cc1. The molecule has 0 amide bonds. The van der Waals surface area contributed by atoms with Crippen LogP contribution in [0.3, 0.4) is 0 Å². The summed E-state index contributed by atoms with van der Waals surface area (Å²) >= 11 is 4.06. The zero-order valence-electron chi connectivity index (χ0n) is 9.79. The second-order valence-corrected chi connectivity index (χ2v) is 3.80. The van der Waals surface area contributed by atoms with Gasteiger partial charge in [-0.3, -0.25) is 0 Å². The Morgan fingerprint density at radius 2 is 1.94 bits per heavy atom. The largest absolute Gasteiger partial charge is 0.573 e. The summed E-state index contributed by atoms with van der Waals surface area (Å²) in [5.41, 5.74) is 1.52. The summed E-state index contributed by atoms with van der Waals surface area (Å²) in [5.74, 6) is -0.236. The summed E-state index contributed by atoms with van der Waals surface area (Å²) in [5, 5.41) is 4.70. The molecule has 0 bridgehead atoms. The average molecular weight is 277 g/mol. The molecule has 0 aliphatic carbocycles. The molecule has 0 fully saturated rings. The van der Waals surface area contributed by atoms with Gasteiger partial charge in [0.1, 0.15) is 5.75 Å². The number of thiol groups is 1. The van der Waals surface area contributed by atoms with E-state index in [4.69, 9.17) is 0 Å². The Kier molecular flexibility index (Phi) is 5.40. The van der Waals surface area contributed by atoms with Crippen molar-refractivity contribution in [3.05, 3.63) is 35.2 Å². The Hall–Kier alpha value is -1.30. The van der Waals surface area contributed by atoms with Crippen molar-refractivity contribution in [3.63, 3.8) is 0 Å². The number of ether oxygens (including phenoxy) is 1. The van der Waals surface area contributed by atoms with E-state index in [-0.39, 0.29) is 5.75 Å². The van der Waals surface area contributed by atoms with E-state index in [1.807, 2.05) is 6.92 Å². The van der Waals surface area contributed by atoms with Crippen LogP contribution in [0.4, 0.5) is 13.2 Å². The molecule has 0 saturated heterocycles. The molecule has 0 saturated carbocycles. The van der Waals surface area contributed by atoms with Crippen molar-refractivity contribution in [3.8, 4) is 5.75 Å². The molecule has 18 heavy (non-hydrogen) atoms. The Morgan fingerprint density at radius 1 is 1.33 bits per heavy atom. The van der Waals surface area contributed by atoms with Gasteiger partial charge in [-0.25, -0.2) is 0 Å². The van der Waals surface area contributed by atoms with Gasteiger partial charge < -0.3 is 10.1 Å². The molecule has 1 aromatic rings. The van der Waals surface area contributed by atoms with Crippen LogP contribution in [-0.4, -0.2) is 12.9 Å². The minimum Gasteiger partial charge on any atom is -0.406 e. The molecule has 1 N–H and O–H groups in total. The van der Waals surface area contributed by atoms with Gasteiger partial charge in [-0.15, -0.1) is 25.8 Å². The molecular formula is C12H14F3NOS. The Bertz CT molecular complexity index is 401. The second kappa shape index (κ2) is 6.58. The lowest BCUT2D eigenvalue weighted by Crippen LogP contribution is -2.17. The lowest BCUT2D eigenvalue weighted by Gasteiger charge is -2.12. The number of halogens is 3. The monoisotopic (exact) mass is 277 g/mol. The molecule has 0 unspecified atom stereocenters. The molecule has 0 heterocycles. The standard InChI is InChI=1S/C12H14F3NOS/c1-2-7-16-11(8-18)9-3-5-10(6-4-9)17-12(13,14)15/h3-6,8,16,18H,2,7H2,1H3/b11-8-. The van der Waals surface area contributed by atoms with Crippen LogP contribution in [0.25, 0.3) is 5.70 Å². The normalized spacial score (nSPS) is 12.4. The van der Waals surface area contributed by atoms with E-state index < -0.39 is 6.36 Å². The van der Waals surface area contributed by atoms with E-state index in [2.05, 4.69) is 22.7 Å². The van der Waals surface area contributed by atoms with Crippen molar-refractivity contribution >= 4 is 18.3 Å². The Morgan fingerprint density at radius 3 is 2.39 bits per heavy atom. The number of alkyl halides is 3. The van der Waals surface area contributed by atoms with Crippen molar-refractivity contribution in [1.82, 2.24) is 5.32 Å². The van der Waals surface area contributed by atoms with Crippen LogP contribution < -0.4 is 10.1 Å². The summed E-state index contributed by atoms with van der Waals surface area (Å²) in [7, 11) is 0. The highest BCUT2D eigenvalue weighted by Gasteiger charge is 2.30. The zero-order valence-corrected chi connectivity index (χ0v) is 10.7. The summed E-state index contributed by atoms with van der Waals surface area (Å²) in [6.45, 7) is 2.79.